The summed E-state index contributed by atoms with van der Waals surface area (Å²) in [5.74, 6) is -1.77. The third-order valence-corrected chi connectivity index (χ3v) is 2.67. The van der Waals surface area contributed by atoms with E-state index in [0.717, 1.165) is 0 Å². The van der Waals surface area contributed by atoms with Crippen LogP contribution >= 0.6 is 0 Å². The average molecular weight is 338 g/mol. The number of nitrogens with one attached hydrogen (secondary N) is 1. The molecule has 0 radical (unpaired) electrons. The lowest BCUT2D eigenvalue weighted by Crippen LogP contribution is -2.27. The van der Waals surface area contributed by atoms with Crippen molar-refractivity contribution in [3.8, 4) is 0 Å². The number of carbonyl (C=O) groups excluding carboxylic acids is 3. The van der Waals surface area contributed by atoms with Gasteiger partial charge in [-0.05, 0) is 26.0 Å². The number of rotatable bonds is 8. The van der Waals surface area contributed by atoms with Crippen LogP contribution in [0.2, 0.25) is 0 Å². The van der Waals surface area contributed by atoms with Crippen LogP contribution in [0.4, 0.5) is 5.69 Å². The summed E-state index contributed by atoms with van der Waals surface area (Å²) in [6, 6.07) is 5.05. The largest absolute Gasteiger partial charge is 0.460 e. The fourth-order valence-electron chi connectivity index (χ4n) is 1.62. The summed E-state index contributed by atoms with van der Waals surface area (Å²) < 4.78 is 9.49. The van der Waals surface area contributed by atoms with Gasteiger partial charge in [-0.1, -0.05) is 0 Å². The molecule has 1 aromatic rings. The van der Waals surface area contributed by atoms with Crippen molar-refractivity contribution in [2.24, 2.45) is 0 Å². The molecular formula is C15H18N2O7. The molecule has 0 aliphatic rings. The molecule has 0 aromatic heterocycles. The Hall–Kier alpha value is -2.97. The standard InChI is InChI=1S/C15H18N2O7/c1-10(2)24-14(19)9-23-13(18)7-8-16-15(20)11-3-5-12(6-4-11)17(21)22/h3-6,10H,7-9H2,1-2H3,(H,16,20). The number of carbonyl (C=O) groups is 3. The Balaban J connectivity index is 2.31. The third kappa shape index (κ3) is 6.86. The number of hydrogen-bond donors (Lipinski definition) is 1. The first kappa shape index (κ1) is 19.1. The van der Waals surface area contributed by atoms with Gasteiger partial charge >= 0.3 is 11.9 Å². The Morgan fingerprint density at radius 1 is 1.17 bits per heavy atom. The molecule has 1 aromatic carbocycles. The van der Waals surface area contributed by atoms with Crippen LogP contribution < -0.4 is 5.32 Å². The zero-order valence-electron chi connectivity index (χ0n) is 13.3. The van der Waals surface area contributed by atoms with Crippen molar-refractivity contribution in [2.45, 2.75) is 26.4 Å². The summed E-state index contributed by atoms with van der Waals surface area (Å²) in [5.41, 5.74) is 0.109. The molecule has 130 valence electrons. The lowest BCUT2D eigenvalue weighted by Gasteiger charge is -2.08. The van der Waals surface area contributed by atoms with E-state index in [9.17, 15) is 24.5 Å². The number of benzene rings is 1. The maximum atomic E-state index is 11.8. The minimum atomic E-state index is -0.653. The van der Waals surface area contributed by atoms with E-state index in [1.165, 1.54) is 24.3 Å². The summed E-state index contributed by atoms with van der Waals surface area (Å²) in [6.45, 7) is 2.88. The van der Waals surface area contributed by atoms with E-state index < -0.39 is 29.4 Å². The lowest BCUT2D eigenvalue weighted by atomic mass is 10.2. The maximum absolute atomic E-state index is 11.8. The summed E-state index contributed by atoms with van der Waals surface area (Å²) >= 11 is 0. The first-order chi connectivity index (χ1) is 11.3. The van der Waals surface area contributed by atoms with Gasteiger partial charge in [0.1, 0.15) is 0 Å². The normalized spacial score (nSPS) is 10.1. The zero-order valence-corrected chi connectivity index (χ0v) is 13.3. The van der Waals surface area contributed by atoms with Crippen molar-refractivity contribution in [3.63, 3.8) is 0 Å². The number of amides is 1. The monoisotopic (exact) mass is 338 g/mol. The molecule has 1 N–H and O–H groups in total. The Bertz CT molecular complexity index is 611. The van der Waals surface area contributed by atoms with Gasteiger partial charge in [0.15, 0.2) is 6.61 Å². The fraction of sp³-hybridized carbons (Fsp3) is 0.400. The van der Waals surface area contributed by atoms with Crippen molar-refractivity contribution < 1.29 is 28.8 Å². The van der Waals surface area contributed by atoms with Crippen molar-refractivity contribution in [1.29, 1.82) is 0 Å². The van der Waals surface area contributed by atoms with Crippen LogP contribution in [0.15, 0.2) is 24.3 Å². The smallest absolute Gasteiger partial charge is 0.344 e. The highest BCUT2D eigenvalue weighted by Gasteiger charge is 2.12. The first-order valence-corrected chi connectivity index (χ1v) is 7.17. The molecule has 0 heterocycles. The molecule has 0 unspecified atom stereocenters. The minimum Gasteiger partial charge on any atom is -0.460 e. The molecule has 9 nitrogen and oxygen atoms in total. The van der Waals surface area contributed by atoms with Crippen LogP contribution in [-0.4, -0.2) is 42.0 Å². The molecular weight excluding hydrogens is 320 g/mol. The Labute approximate surface area is 138 Å². The van der Waals surface area contributed by atoms with Gasteiger partial charge in [0.05, 0.1) is 17.4 Å². The summed E-state index contributed by atoms with van der Waals surface area (Å²) in [4.78, 5) is 44.3. The summed E-state index contributed by atoms with van der Waals surface area (Å²) in [7, 11) is 0. The number of hydrogen-bond acceptors (Lipinski definition) is 7. The Morgan fingerprint density at radius 2 is 1.79 bits per heavy atom. The molecule has 9 heteroatoms. The van der Waals surface area contributed by atoms with Gasteiger partial charge in [0.25, 0.3) is 11.6 Å². The van der Waals surface area contributed by atoms with Gasteiger partial charge in [0.2, 0.25) is 0 Å². The van der Waals surface area contributed by atoms with Crippen molar-refractivity contribution in [3.05, 3.63) is 39.9 Å². The van der Waals surface area contributed by atoms with E-state index in [-0.39, 0.29) is 30.3 Å². The van der Waals surface area contributed by atoms with Crippen LogP contribution in [0.1, 0.15) is 30.6 Å². The molecule has 0 aliphatic carbocycles. The molecule has 0 atom stereocenters. The van der Waals surface area contributed by atoms with Crippen LogP contribution in [0.3, 0.4) is 0 Å². The number of nitro groups is 1. The van der Waals surface area contributed by atoms with Gasteiger partial charge in [0, 0.05) is 24.2 Å². The second kappa shape index (κ2) is 9.23. The van der Waals surface area contributed by atoms with E-state index in [4.69, 9.17) is 9.47 Å². The van der Waals surface area contributed by atoms with Gasteiger partial charge in [-0.3, -0.25) is 19.7 Å². The van der Waals surface area contributed by atoms with Gasteiger partial charge in [-0.15, -0.1) is 0 Å². The van der Waals surface area contributed by atoms with Gasteiger partial charge in [-0.25, -0.2) is 4.79 Å². The maximum Gasteiger partial charge on any atom is 0.344 e. The minimum absolute atomic E-state index is 0.00782. The molecule has 1 rings (SSSR count). The predicted octanol–water partition coefficient (Wildman–Crippen LogP) is 1.21. The summed E-state index contributed by atoms with van der Waals surface area (Å²) in [6.07, 6.45) is -0.412. The predicted molar refractivity (Wildman–Crippen MR) is 82.2 cm³/mol. The molecule has 0 fully saturated rings. The Morgan fingerprint density at radius 3 is 2.33 bits per heavy atom. The number of nitro benzene ring substituents is 1. The zero-order chi connectivity index (χ0) is 18.1. The SMILES string of the molecule is CC(C)OC(=O)COC(=O)CCNC(=O)c1ccc([N+](=O)[O-])cc1. The molecule has 0 aliphatic heterocycles. The molecule has 0 saturated carbocycles. The van der Waals surface area contributed by atoms with E-state index in [1.54, 1.807) is 13.8 Å². The van der Waals surface area contributed by atoms with Crippen molar-refractivity contribution in [1.82, 2.24) is 5.32 Å². The lowest BCUT2D eigenvalue weighted by molar-refractivity contribution is -0.384. The van der Waals surface area contributed by atoms with E-state index >= 15 is 0 Å². The van der Waals surface area contributed by atoms with E-state index in [2.05, 4.69) is 5.32 Å². The number of nitrogens with zero attached hydrogens (tertiary/aromatic N) is 1. The topological polar surface area (TPSA) is 125 Å². The highest BCUT2D eigenvalue weighted by molar-refractivity contribution is 5.94. The molecule has 0 spiro atoms. The molecule has 24 heavy (non-hydrogen) atoms. The molecule has 0 saturated heterocycles. The highest BCUT2D eigenvalue weighted by atomic mass is 16.6. The third-order valence-electron chi connectivity index (χ3n) is 2.67. The quantitative estimate of drug-likeness (QED) is 0.429. The second-order valence-corrected chi connectivity index (χ2v) is 5.01. The van der Waals surface area contributed by atoms with Gasteiger partial charge in [-0.2, -0.15) is 0 Å². The molecule has 0 bridgehead atoms. The Kier molecular flexibility index (Phi) is 7.34. The van der Waals surface area contributed by atoms with Crippen LogP contribution in [0.5, 0.6) is 0 Å². The van der Waals surface area contributed by atoms with E-state index in [0.29, 0.717) is 0 Å². The summed E-state index contributed by atoms with van der Waals surface area (Å²) in [5, 5.41) is 13.0. The fourth-order valence-corrected chi connectivity index (χ4v) is 1.62. The second-order valence-electron chi connectivity index (χ2n) is 5.01. The van der Waals surface area contributed by atoms with Crippen LogP contribution in [0, 0.1) is 10.1 Å². The average Bonchev–Trinajstić information content (AvgIpc) is 2.52. The van der Waals surface area contributed by atoms with Crippen molar-refractivity contribution in [2.75, 3.05) is 13.2 Å². The van der Waals surface area contributed by atoms with Gasteiger partial charge < -0.3 is 14.8 Å². The first-order valence-electron chi connectivity index (χ1n) is 7.17. The number of esters is 2. The molecule has 1 amide bonds. The number of non-ortho nitro benzene ring substituents is 1. The van der Waals surface area contributed by atoms with E-state index in [1.807, 2.05) is 0 Å². The number of ether oxygens (including phenoxy) is 2. The van der Waals surface area contributed by atoms with Crippen LogP contribution in [-0.2, 0) is 19.1 Å². The highest BCUT2D eigenvalue weighted by Crippen LogP contribution is 2.11. The van der Waals surface area contributed by atoms with Crippen LogP contribution in [0.25, 0.3) is 0 Å². The van der Waals surface area contributed by atoms with Crippen molar-refractivity contribution >= 4 is 23.5 Å².